The zero-order chi connectivity index (χ0) is 21.2. The van der Waals surface area contributed by atoms with Crippen LogP contribution in [0.25, 0.3) is 0 Å². The van der Waals surface area contributed by atoms with Crippen molar-refractivity contribution in [2.24, 2.45) is 0 Å². The Labute approximate surface area is 184 Å². The number of hydrogen-bond acceptors (Lipinski definition) is 6. The van der Waals surface area contributed by atoms with Crippen LogP contribution in [0.5, 0.6) is 11.5 Å². The number of esters is 1. The number of nitrogens with one attached hydrogen (secondary N) is 2. The molecule has 0 saturated carbocycles. The molecule has 1 amide bonds. The Bertz CT molecular complexity index is 829. The lowest BCUT2D eigenvalue weighted by atomic mass is 10.0. The molecule has 0 spiro atoms. The highest BCUT2D eigenvalue weighted by Gasteiger charge is 2.24. The van der Waals surface area contributed by atoms with E-state index in [-0.39, 0.29) is 18.9 Å². The number of methoxy groups -OCH3 is 3. The molecular formula is C21H25IN2O5. The maximum absolute atomic E-state index is 12.4. The van der Waals surface area contributed by atoms with E-state index >= 15 is 0 Å². The molecule has 0 radical (unpaired) electrons. The van der Waals surface area contributed by atoms with Gasteiger partial charge in [-0.1, -0.05) is 30.3 Å². The van der Waals surface area contributed by atoms with Crippen LogP contribution in [0.2, 0.25) is 0 Å². The predicted octanol–water partition coefficient (Wildman–Crippen LogP) is 2.30. The van der Waals surface area contributed by atoms with Crippen molar-refractivity contribution in [2.75, 3.05) is 27.9 Å². The summed E-state index contributed by atoms with van der Waals surface area (Å²) >= 11 is 2.15. The minimum atomic E-state index is -0.823. The summed E-state index contributed by atoms with van der Waals surface area (Å²) in [5, 5.41) is 5.81. The van der Waals surface area contributed by atoms with Crippen molar-refractivity contribution in [3.63, 3.8) is 0 Å². The van der Waals surface area contributed by atoms with E-state index < -0.39 is 12.0 Å². The maximum atomic E-state index is 12.4. The standard InChI is InChI=1S/C21H25IN2O5/c1-27-16-9-15(20(22)18(11-16)28-2)10-17(21(26)29-3)24-19(25)13-23-12-14-7-5-4-6-8-14/h4-9,11,17,23H,10,12-13H2,1-3H3,(H,24,25). The zero-order valence-electron chi connectivity index (χ0n) is 16.7. The van der Waals surface area contributed by atoms with Crippen LogP contribution in [0, 0.1) is 3.57 Å². The van der Waals surface area contributed by atoms with E-state index in [1.165, 1.54) is 7.11 Å². The van der Waals surface area contributed by atoms with Gasteiger partial charge in [-0.25, -0.2) is 4.79 Å². The van der Waals surface area contributed by atoms with Crippen LogP contribution in [0.1, 0.15) is 11.1 Å². The van der Waals surface area contributed by atoms with Crippen LogP contribution < -0.4 is 20.1 Å². The van der Waals surface area contributed by atoms with Gasteiger partial charge >= 0.3 is 5.97 Å². The van der Waals surface area contributed by atoms with Crippen LogP contribution in [-0.2, 0) is 27.3 Å². The fourth-order valence-corrected chi connectivity index (χ4v) is 3.51. The number of carbonyl (C=O) groups is 2. The van der Waals surface area contributed by atoms with Gasteiger partial charge in [0.25, 0.3) is 0 Å². The zero-order valence-corrected chi connectivity index (χ0v) is 18.8. The number of carbonyl (C=O) groups excluding carboxylic acids is 2. The van der Waals surface area contributed by atoms with Crippen molar-refractivity contribution in [1.29, 1.82) is 0 Å². The average Bonchev–Trinajstić information content (AvgIpc) is 2.74. The molecule has 0 fully saturated rings. The van der Waals surface area contributed by atoms with Gasteiger partial charge in [0.05, 0.1) is 31.4 Å². The lowest BCUT2D eigenvalue weighted by Gasteiger charge is -2.19. The summed E-state index contributed by atoms with van der Waals surface area (Å²) in [6.07, 6.45) is 0.253. The minimum Gasteiger partial charge on any atom is -0.497 e. The normalized spacial score (nSPS) is 11.4. The third kappa shape index (κ3) is 6.90. The van der Waals surface area contributed by atoms with Crippen LogP contribution in [0.3, 0.4) is 0 Å². The second-order valence-electron chi connectivity index (χ2n) is 6.24. The summed E-state index contributed by atoms with van der Waals surface area (Å²) in [5.74, 6) is 0.441. The Morgan fingerprint density at radius 1 is 1.07 bits per heavy atom. The molecule has 0 heterocycles. The number of benzene rings is 2. The third-order valence-corrected chi connectivity index (χ3v) is 5.47. The molecule has 0 aliphatic heterocycles. The molecule has 0 saturated heterocycles. The van der Waals surface area contributed by atoms with Gasteiger partial charge in [-0.2, -0.15) is 0 Å². The van der Waals surface area contributed by atoms with E-state index in [0.717, 1.165) is 14.7 Å². The topological polar surface area (TPSA) is 85.9 Å². The maximum Gasteiger partial charge on any atom is 0.328 e. The number of rotatable bonds is 10. The smallest absolute Gasteiger partial charge is 0.328 e. The summed E-state index contributed by atoms with van der Waals surface area (Å²) in [5.41, 5.74) is 1.89. The lowest BCUT2D eigenvalue weighted by Crippen LogP contribution is -2.46. The number of hydrogen-bond donors (Lipinski definition) is 2. The average molecular weight is 512 g/mol. The van der Waals surface area contributed by atoms with Gasteiger partial charge in [0, 0.05) is 19.0 Å². The summed E-state index contributed by atoms with van der Waals surface area (Å²) < 4.78 is 16.4. The Kier molecular flexibility index (Phi) is 9.20. The van der Waals surface area contributed by atoms with E-state index in [1.54, 1.807) is 20.3 Å². The van der Waals surface area contributed by atoms with Gasteiger partial charge in [0.1, 0.15) is 17.5 Å². The Morgan fingerprint density at radius 3 is 2.41 bits per heavy atom. The number of ether oxygens (including phenoxy) is 3. The summed E-state index contributed by atoms with van der Waals surface area (Å²) in [6.45, 7) is 0.642. The van der Waals surface area contributed by atoms with Gasteiger partial charge in [-0.3, -0.25) is 4.79 Å². The van der Waals surface area contributed by atoms with Crippen molar-refractivity contribution in [1.82, 2.24) is 10.6 Å². The van der Waals surface area contributed by atoms with Crippen LogP contribution in [-0.4, -0.2) is 45.8 Å². The van der Waals surface area contributed by atoms with Crippen molar-refractivity contribution < 1.29 is 23.8 Å². The Hall–Kier alpha value is -2.33. The summed E-state index contributed by atoms with van der Waals surface area (Å²) in [4.78, 5) is 24.6. The first-order valence-electron chi connectivity index (χ1n) is 9.00. The first-order valence-corrected chi connectivity index (χ1v) is 10.1. The van der Waals surface area contributed by atoms with Crippen molar-refractivity contribution in [2.45, 2.75) is 19.0 Å². The second kappa shape index (κ2) is 11.6. The highest BCUT2D eigenvalue weighted by molar-refractivity contribution is 14.1. The molecule has 0 aromatic heterocycles. The van der Waals surface area contributed by atoms with E-state index in [2.05, 4.69) is 33.2 Å². The van der Waals surface area contributed by atoms with E-state index in [1.807, 2.05) is 36.4 Å². The molecular weight excluding hydrogens is 487 g/mol. The van der Waals surface area contributed by atoms with E-state index in [4.69, 9.17) is 14.2 Å². The van der Waals surface area contributed by atoms with Gasteiger partial charge < -0.3 is 24.8 Å². The Morgan fingerprint density at radius 2 is 1.79 bits per heavy atom. The van der Waals surface area contributed by atoms with Crippen LogP contribution in [0.15, 0.2) is 42.5 Å². The summed E-state index contributed by atoms with van der Waals surface area (Å²) in [6, 6.07) is 12.5. The molecule has 2 N–H and O–H groups in total. The Balaban J connectivity index is 2.04. The monoisotopic (exact) mass is 512 g/mol. The van der Waals surface area contributed by atoms with Crippen molar-refractivity contribution in [3.05, 3.63) is 57.2 Å². The van der Waals surface area contributed by atoms with Gasteiger partial charge in [0.15, 0.2) is 0 Å². The molecule has 0 bridgehead atoms. The van der Waals surface area contributed by atoms with Crippen LogP contribution in [0.4, 0.5) is 0 Å². The highest BCUT2D eigenvalue weighted by Crippen LogP contribution is 2.30. The minimum absolute atomic E-state index is 0.0842. The first kappa shape index (κ1) is 23.0. The molecule has 0 aliphatic rings. The van der Waals surface area contributed by atoms with Crippen molar-refractivity contribution >= 4 is 34.5 Å². The van der Waals surface area contributed by atoms with Gasteiger partial charge in [-0.05, 0) is 39.8 Å². The summed E-state index contributed by atoms with van der Waals surface area (Å²) in [7, 11) is 4.42. The van der Waals surface area contributed by atoms with Crippen LogP contribution >= 0.6 is 22.6 Å². The van der Waals surface area contributed by atoms with E-state index in [0.29, 0.717) is 18.0 Å². The quantitative estimate of drug-likeness (QED) is 0.376. The predicted molar refractivity (Wildman–Crippen MR) is 118 cm³/mol. The fourth-order valence-electron chi connectivity index (χ4n) is 2.76. The molecule has 0 aliphatic carbocycles. The number of amides is 1. The van der Waals surface area contributed by atoms with E-state index in [9.17, 15) is 9.59 Å². The van der Waals surface area contributed by atoms with Crippen molar-refractivity contribution in [3.8, 4) is 11.5 Å². The molecule has 2 rings (SSSR count). The molecule has 1 unspecified atom stereocenters. The molecule has 29 heavy (non-hydrogen) atoms. The molecule has 8 heteroatoms. The molecule has 1 atom stereocenters. The molecule has 2 aromatic carbocycles. The molecule has 2 aromatic rings. The second-order valence-corrected chi connectivity index (χ2v) is 7.32. The fraction of sp³-hybridized carbons (Fsp3) is 0.333. The third-order valence-electron chi connectivity index (χ3n) is 4.25. The van der Waals surface area contributed by atoms with Gasteiger partial charge in [-0.15, -0.1) is 0 Å². The SMILES string of the molecule is COC(=O)C(Cc1cc(OC)cc(OC)c1I)NC(=O)CNCc1ccccc1. The van der Waals surface area contributed by atoms with Gasteiger partial charge in [0.2, 0.25) is 5.91 Å². The lowest BCUT2D eigenvalue weighted by molar-refractivity contribution is -0.144. The number of halogens is 1. The highest BCUT2D eigenvalue weighted by atomic mass is 127. The first-order chi connectivity index (χ1) is 14.0. The molecule has 156 valence electrons. The molecule has 7 nitrogen and oxygen atoms in total. The largest absolute Gasteiger partial charge is 0.497 e.